The van der Waals surface area contributed by atoms with E-state index < -0.39 is 0 Å². The van der Waals surface area contributed by atoms with Gasteiger partial charge in [0.15, 0.2) is 5.78 Å². The second kappa shape index (κ2) is 9.72. The van der Waals surface area contributed by atoms with Gasteiger partial charge >= 0.3 is 0 Å². The summed E-state index contributed by atoms with van der Waals surface area (Å²) in [6.45, 7) is 12.2. The van der Waals surface area contributed by atoms with E-state index in [4.69, 9.17) is 4.84 Å². The number of carbonyl (C=O) groups excluding carboxylic acids is 2. The van der Waals surface area contributed by atoms with Gasteiger partial charge in [0.1, 0.15) is 12.4 Å². The summed E-state index contributed by atoms with van der Waals surface area (Å²) in [6.07, 6.45) is 1.21. The molecule has 158 valence electrons. The van der Waals surface area contributed by atoms with Crippen LogP contribution >= 0.6 is 0 Å². The molecule has 0 spiro atoms. The van der Waals surface area contributed by atoms with E-state index in [2.05, 4.69) is 16.5 Å². The second-order valence-corrected chi connectivity index (χ2v) is 7.60. The Bertz CT molecular complexity index is 868. The van der Waals surface area contributed by atoms with Crippen molar-refractivity contribution in [3.8, 4) is 0 Å². The number of nitrogens with zero attached hydrogens (tertiary/aromatic N) is 1. The van der Waals surface area contributed by atoms with Gasteiger partial charge in [0.25, 0.3) is 0 Å². The lowest BCUT2D eigenvalue weighted by atomic mass is 9.76. The van der Waals surface area contributed by atoms with Gasteiger partial charge in [-0.2, -0.15) is 0 Å². The molecule has 0 heterocycles. The molecule has 0 saturated heterocycles. The highest BCUT2D eigenvalue weighted by Gasteiger charge is 2.33. The summed E-state index contributed by atoms with van der Waals surface area (Å²) in [5, 5.41) is 17.6. The van der Waals surface area contributed by atoms with Crippen molar-refractivity contribution in [3.05, 3.63) is 45.2 Å². The fraction of sp³-hybridized carbons (Fsp3) is 0.522. The van der Waals surface area contributed by atoms with Crippen molar-refractivity contribution in [1.29, 1.82) is 0 Å². The Kier molecular flexibility index (Phi) is 7.59. The summed E-state index contributed by atoms with van der Waals surface area (Å²) in [6, 6.07) is 2.09. The van der Waals surface area contributed by atoms with Gasteiger partial charge in [0.05, 0.1) is 11.3 Å². The quantitative estimate of drug-likeness (QED) is 0.527. The first-order valence-electron chi connectivity index (χ1n) is 10.2. The molecule has 0 radical (unpaired) electrons. The molecule has 1 amide bonds. The minimum absolute atomic E-state index is 0.0781. The van der Waals surface area contributed by atoms with Gasteiger partial charge < -0.3 is 15.3 Å². The van der Waals surface area contributed by atoms with E-state index in [-0.39, 0.29) is 23.4 Å². The van der Waals surface area contributed by atoms with Crippen LogP contribution in [0.25, 0.3) is 0 Å². The van der Waals surface area contributed by atoms with Gasteiger partial charge in [-0.05, 0) is 67.9 Å². The Morgan fingerprint density at radius 3 is 2.48 bits per heavy atom. The standard InChI is InChI=1S/C23H32N2O4/c1-7-19(25-29-8-2)23-20(27)10-17(11-21(23)28)22-14(4)9-13(3)18(15(22)5)12-24-16(6)26/h9,17,27H,7-8,10-12H2,1-6H3,(H,24,26)/b25-19-. The zero-order chi connectivity index (χ0) is 21.7. The molecule has 2 N–H and O–H groups in total. The average Bonchev–Trinajstić information content (AvgIpc) is 2.63. The maximum Gasteiger partial charge on any atom is 0.217 e. The van der Waals surface area contributed by atoms with Crippen molar-refractivity contribution >= 4 is 17.4 Å². The smallest absolute Gasteiger partial charge is 0.217 e. The van der Waals surface area contributed by atoms with Gasteiger partial charge in [-0.25, -0.2) is 0 Å². The van der Waals surface area contributed by atoms with E-state index >= 15 is 0 Å². The predicted octanol–water partition coefficient (Wildman–Crippen LogP) is 4.31. The molecule has 6 heteroatoms. The van der Waals surface area contributed by atoms with Gasteiger partial charge in [-0.15, -0.1) is 0 Å². The molecule has 0 fully saturated rings. The van der Waals surface area contributed by atoms with Crippen LogP contribution in [-0.2, 0) is 21.0 Å². The predicted molar refractivity (Wildman–Crippen MR) is 114 cm³/mol. The van der Waals surface area contributed by atoms with Crippen LogP contribution in [0.15, 0.2) is 22.6 Å². The number of aliphatic hydroxyl groups is 1. The molecule has 0 saturated carbocycles. The van der Waals surface area contributed by atoms with Crippen LogP contribution in [-0.4, -0.2) is 29.1 Å². The number of oxime groups is 1. The van der Waals surface area contributed by atoms with Crippen molar-refractivity contribution in [2.75, 3.05) is 6.61 Å². The van der Waals surface area contributed by atoms with Crippen molar-refractivity contribution in [3.63, 3.8) is 0 Å². The van der Waals surface area contributed by atoms with Crippen molar-refractivity contribution in [2.24, 2.45) is 5.16 Å². The lowest BCUT2D eigenvalue weighted by Gasteiger charge is -2.28. The Morgan fingerprint density at radius 2 is 1.93 bits per heavy atom. The van der Waals surface area contributed by atoms with Gasteiger partial charge in [0, 0.05) is 26.3 Å². The van der Waals surface area contributed by atoms with Gasteiger partial charge in [-0.3, -0.25) is 9.59 Å². The Morgan fingerprint density at radius 1 is 1.24 bits per heavy atom. The van der Waals surface area contributed by atoms with E-state index in [1.807, 2.05) is 34.6 Å². The zero-order valence-electron chi connectivity index (χ0n) is 18.3. The molecule has 6 nitrogen and oxygen atoms in total. The van der Waals surface area contributed by atoms with Crippen LogP contribution in [0.5, 0.6) is 0 Å². The highest BCUT2D eigenvalue weighted by atomic mass is 16.6. The SMILES string of the molecule is CCO/N=C(/CC)C1=C(O)CC(c2c(C)cc(C)c(CNC(C)=O)c2C)CC1=O. The highest BCUT2D eigenvalue weighted by Crippen LogP contribution is 2.39. The van der Waals surface area contributed by atoms with E-state index in [9.17, 15) is 14.7 Å². The zero-order valence-corrected chi connectivity index (χ0v) is 18.3. The van der Waals surface area contributed by atoms with E-state index in [0.29, 0.717) is 43.7 Å². The van der Waals surface area contributed by atoms with Gasteiger partial charge in [-0.1, -0.05) is 18.1 Å². The maximum absolute atomic E-state index is 12.9. The highest BCUT2D eigenvalue weighted by molar-refractivity contribution is 6.23. The molecule has 0 aliphatic heterocycles. The molecule has 1 aliphatic rings. The van der Waals surface area contributed by atoms with Crippen LogP contribution in [0, 0.1) is 20.8 Å². The number of carbonyl (C=O) groups is 2. The molecular weight excluding hydrogens is 368 g/mol. The Labute approximate surface area is 173 Å². The number of rotatable bonds is 7. The molecule has 1 aliphatic carbocycles. The summed E-state index contributed by atoms with van der Waals surface area (Å²) in [4.78, 5) is 29.4. The number of amides is 1. The molecule has 1 aromatic carbocycles. The fourth-order valence-corrected chi connectivity index (χ4v) is 4.21. The van der Waals surface area contributed by atoms with Crippen molar-refractivity contribution in [1.82, 2.24) is 5.32 Å². The number of allylic oxidation sites excluding steroid dienone is 2. The lowest BCUT2D eigenvalue weighted by molar-refractivity contribution is -0.119. The van der Waals surface area contributed by atoms with Crippen molar-refractivity contribution < 1.29 is 19.5 Å². The largest absolute Gasteiger partial charge is 0.511 e. The van der Waals surface area contributed by atoms with E-state index in [1.165, 1.54) is 6.92 Å². The third-order valence-electron chi connectivity index (χ3n) is 5.48. The number of aliphatic hydroxyl groups excluding tert-OH is 1. The average molecular weight is 401 g/mol. The molecule has 29 heavy (non-hydrogen) atoms. The molecule has 1 unspecified atom stereocenters. The van der Waals surface area contributed by atoms with Crippen LogP contribution in [0.2, 0.25) is 0 Å². The van der Waals surface area contributed by atoms with Crippen LogP contribution in [0.4, 0.5) is 0 Å². The number of aryl methyl sites for hydroxylation is 2. The van der Waals surface area contributed by atoms with Gasteiger partial charge in [0.2, 0.25) is 5.91 Å². The molecule has 1 atom stereocenters. The summed E-state index contributed by atoms with van der Waals surface area (Å²) >= 11 is 0. The van der Waals surface area contributed by atoms with Crippen LogP contribution < -0.4 is 5.32 Å². The van der Waals surface area contributed by atoms with Crippen LogP contribution in [0.3, 0.4) is 0 Å². The maximum atomic E-state index is 12.9. The first-order chi connectivity index (χ1) is 13.7. The minimum Gasteiger partial charge on any atom is -0.511 e. The molecule has 0 aromatic heterocycles. The van der Waals surface area contributed by atoms with Crippen molar-refractivity contribution in [2.45, 2.75) is 73.3 Å². The minimum atomic E-state index is -0.109. The lowest BCUT2D eigenvalue weighted by Crippen LogP contribution is -2.25. The molecule has 1 aromatic rings. The Balaban J connectivity index is 2.44. The summed E-state index contributed by atoms with van der Waals surface area (Å²) in [5.41, 5.74) is 6.22. The summed E-state index contributed by atoms with van der Waals surface area (Å²) in [5.74, 6) is -0.214. The first-order valence-corrected chi connectivity index (χ1v) is 10.2. The number of ketones is 1. The number of nitrogens with one attached hydrogen (secondary N) is 1. The number of hydrogen-bond acceptors (Lipinski definition) is 5. The monoisotopic (exact) mass is 400 g/mol. The van der Waals surface area contributed by atoms with E-state index in [0.717, 1.165) is 27.8 Å². The first kappa shape index (κ1) is 22.7. The third-order valence-corrected chi connectivity index (χ3v) is 5.48. The topological polar surface area (TPSA) is 88.0 Å². The Hall–Kier alpha value is -2.63. The molecule has 2 rings (SSSR count). The fourth-order valence-electron chi connectivity index (χ4n) is 4.21. The number of hydrogen-bond donors (Lipinski definition) is 2. The van der Waals surface area contributed by atoms with E-state index in [1.54, 1.807) is 0 Å². The van der Waals surface area contributed by atoms with Crippen LogP contribution in [0.1, 0.15) is 73.8 Å². The third kappa shape index (κ3) is 5.05. The normalized spacial score (nSPS) is 17.5. The summed E-state index contributed by atoms with van der Waals surface area (Å²) < 4.78 is 0. The number of benzene rings is 1. The molecule has 0 bridgehead atoms. The number of Topliss-reactive ketones (excluding diaryl/α,β-unsaturated/α-hetero) is 1. The second-order valence-electron chi connectivity index (χ2n) is 7.60. The summed E-state index contributed by atoms with van der Waals surface area (Å²) in [7, 11) is 0. The molecular formula is C23H32N2O4.